The number of nitrogens with zero attached hydrogens (tertiary/aromatic N) is 3. The van der Waals surface area contributed by atoms with Crippen LogP contribution in [0, 0.1) is 6.92 Å². The van der Waals surface area contributed by atoms with E-state index in [2.05, 4.69) is 27.6 Å². The van der Waals surface area contributed by atoms with Gasteiger partial charge in [-0.15, -0.1) is 10.2 Å². The summed E-state index contributed by atoms with van der Waals surface area (Å²) in [5.74, 6) is 1.72. The third-order valence-electron chi connectivity index (χ3n) is 4.74. The number of amides is 1. The number of carbonyl (C=O) groups excluding carboxylic acids is 1. The molecule has 0 aliphatic heterocycles. The molecule has 0 aliphatic carbocycles. The molecule has 0 spiro atoms. The van der Waals surface area contributed by atoms with Crippen molar-refractivity contribution in [2.75, 3.05) is 11.1 Å². The van der Waals surface area contributed by atoms with Gasteiger partial charge in [0.2, 0.25) is 5.91 Å². The zero-order valence-electron chi connectivity index (χ0n) is 16.8. The van der Waals surface area contributed by atoms with Gasteiger partial charge >= 0.3 is 0 Å². The number of carbonyl (C=O) groups is 1. The minimum absolute atomic E-state index is 0.0841. The zero-order valence-corrected chi connectivity index (χ0v) is 17.6. The highest BCUT2D eigenvalue weighted by Crippen LogP contribution is 2.27. The number of aryl methyl sites for hydroxylation is 1. The summed E-state index contributed by atoms with van der Waals surface area (Å²) in [6.45, 7) is 4.63. The summed E-state index contributed by atoms with van der Waals surface area (Å²) in [7, 11) is 0. The second kappa shape index (κ2) is 9.00. The van der Waals surface area contributed by atoms with Gasteiger partial charge in [0.15, 0.2) is 11.0 Å². The number of hydrogen-bond acceptors (Lipinski definition) is 5. The molecule has 152 valence electrons. The Balaban J connectivity index is 1.38. The third kappa shape index (κ3) is 4.31. The molecule has 2 aromatic carbocycles. The first-order valence-corrected chi connectivity index (χ1v) is 10.7. The number of hydrogen-bond donors (Lipinski definition) is 1. The van der Waals surface area contributed by atoms with Crippen molar-refractivity contribution in [2.24, 2.45) is 0 Å². The van der Waals surface area contributed by atoms with E-state index in [4.69, 9.17) is 4.42 Å². The van der Waals surface area contributed by atoms with Crippen molar-refractivity contribution in [3.63, 3.8) is 0 Å². The summed E-state index contributed by atoms with van der Waals surface area (Å²) < 4.78 is 7.37. The molecule has 4 rings (SSSR count). The predicted molar refractivity (Wildman–Crippen MR) is 119 cm³/mol. The first-order valence-electron chi connectivity index (χ1n) is 9.71. The topological polar surface area (TPSA) is 73.0 Å². The number of aromatic nitrogens is 3. The lowest BCUT2D eigenvalue weighted by Gasteiger charge is -2.08. The number of thioether (sulfide) groups is 1. The molecule has 6 nitrogen and oxygen atoms in total. The van der Waals surface area contributed by atoms with E-state index in [1.165, 1.54) is 11.8 Å². The zero-order chi connectivity index (χ0) is 20.9. The number of rotatable bonds is 7. The highest BCUT2D eigenvalue weighted by molar-refractivity contribution is 7.99. The fourth-order valence-electron chi connectivity index (χ4n) is 3.20. The standard InChI is InChI=1S/C23H22N4O2S/c1-3-27-22(20-13-14-29-16(20)2)25-26-23(27)30-15-21(28)24-19-11-9-18(10-12-19)17-7-5-4-6-8-17/h4-14H,3,15H2,1-2H3,(H,24,28). The van der Waals surface area contributed by atoms with E-state index in [0.717, 1.165) is 34.0 Å². The van der Waals surface area contributed by atoms with Gasteiger partial charge in [-0.3, -0.25) is 4.79 Å². The molecule has 0 atom stereocenters. The van der Waals surface area contributed by atoms with E-state index in [9.17, 15) is 4.79 Å². The lowest BCUT2D eigenvalue weighted by molar-refractivity contribution is -0.113. The van der Waals surface area contributed by atoms with Crippen LogP contribution in [0.3, 0.4) is 0 Å². The fourth-order valence-corrected chi connectivity index (χ4v) is 4.00. The monoisotopic (exact) mass is 418 g/mol. The Bertz CT molecular complexity index is 1130. The van der Waals surface area contributed by atoms with Gasteiger partial charge < -0.3 is 14.3 Å². The molecule has 0 bridgehead atoms. The summed E-state index contributed by atoms with van der Waals surface area (Å²) in [6.07, 6.45) is 1.64. The second-order valence-corrected chi connectivity index (χ2v) is 7.66. The van der Waals surface area contributed by atoms with Crippen LogP contribution in [0.2, 0.25) is 0 Å². The molecule has 1 N–H and O–H groups in total. The van der Waals surface area contributed by atoms with Gasteiger partial charge in [-0.2, -0.15) is 0 Å². The van der Waals surface area contributed by atoms with Gasteiger partial charge in [-0.1, -0.05) is 54.2 Å². The van der Waals surface area contributed by atoms with Crippen molar-refractivity contribution in [3.05, 3.63) is 72.7 Å². The van der Waals surface area contributed by atoms with Crippen molar-refractivity contribution >= 4 is 23.4 Å². The first kappa shape index (κ1) is 20.0. The molecular formula is C23H22N4O2S. The molecule has 0 unspecified atom stereocenters. The molecule has 2 heterocycles. The summed E-state index contributed by atoms with van der Waals surface area (Å²) in [5.41, 5.74) is 3.95. The summed E-state index contributed by atoms with van der Waals surface area (Å²) in [6, 6.07) is 19.9. The van der Waals surface area contributed by atoms with Crippen LogP contribution >= 0.6 is 11.8 Å². The molecule has 2 aromatic heterocycles. The van der Waals surface area contributed by atoms with Crippen molar-refractivity contribution in [1.29, 1.82) is 0 Å². The average Bonchev–Trinajstić information content (AvgIpc) is 3.38. The van der Waals surface area contributed by atoms with Gasteiger partial charge in [-0.05, 0) is 43.2 Å². The van der Waals surface area contributed by atoms with Crippen molar-refractivity contribution in [3.8, 4) is 22.5 Å². The van der Waals surface area contributed by atoms with Gasteiger partial charge in [0.1, 0.15) is 5.76 Å². The van der Waals surface area contributed by atoms with Crippen LogP contribution in [0.5, 0.6) is 0 Å². The molecular weight excluding hydrogens is 396 g/mol. The maximum Gasteiger partial charge on any atom is 0.234 e. The molecule has 7 heteroatoms. The number of benzene rings is 2. The van der Waals surface area contributed by atoms with Gasteiger partial charge in [0, 0.05) is 12.2 Å². The Morgan fingerprint density at radius 3 is 2.43 bits per heavy atom. The molecule has 0 fully saturated rings. The van der Waals surface area contributed by atoms with Crippen LogP contribution in [0.15, 0.2) is 76.5 Å². The lowest BCUT2D eigenvalue weighted by Crippen LogP contribution is -2.14. The number of furan rings is 1. The van der Waals surface area contributed by atoms with E-state index in [1.54, 1.807) is 6.26 Å². The Hall–Kier alpha value is -3.32. The molecule has 0 saturated heterocycles. The van der Waals surface area contributed by atoms with E-state index >= 15 is 0 Å². The average molecular weight is 419 g/mol. The van der Waals surface area contributed by atoms with Crippen LogP contribution in [0.1, 0.15) is 12.7 Å². The third-order valence-corrected chi connectivity index (χ3v) is 5.71. The Morgan fingerprint density at radius 1 is 1.03 bits per heavy atom. The number of anilines is 1. The minimum atomic E-state index is -0.0841. The van der Waals surface area contributed by atoms with Crippen LogP contribution in [0.4, 0.5) is 5.69 Å². The van der Waals surface area contributed by atoms with Gasteiger partial charge in [0.05, 0.1) is 17.6 Å². The summed E-state index contributed by atoms with van der Waals surface area (Å²) in [4.78, 5) is 12.4. The van der Waals surface area contributed by atoms with E-state index in [0.29, 0.717) is 11.7 Å². The molecule has 0 aliphatic rings. The van der Waals surface area contributed by atoms with Gasteiger partial charge in [-0.25, -0.2) is 0 Å². The minimum Gasteiger partial charge on any atom is -0.469 e. The normalized spacial score (nSPS) is 10.9. The lowest BCUT2D eigenvalue weighted by atomic mass is 10.1. The fraction of sp³-hybridized carbons (Fsp3) is 0.174. The van der Waals surface area contributed by atoms with Crippen molar-refractivity contribution in [1.82, 2.24) is 14.8 Å². The predicted octanol–water partition coefficient (Wildman–Crippen LogP) is 5.26. The maximum atomic E-state index is 12.4. The van der Waals surface area contributed by atoms with Crippen molar-refractivity contribution in [2.45, 2.75) is 25.5 Å². The molecule has 0 saturated carbocycles. The van der Waals surface area contributed by atoms with Crippen LogP contribution in [-0.2, 0) is 11.3 Å². The van der Waals surface area contributed by atoms with Crippen LogP contribution in [-0.4, -0.2) is 26.4 Å². The molecule has 0 radical (unpaired) electrons. The highest BCUT2D eigenvalue weighted by atomic mass is 32.2. The molecule has 4 aromatic rings. The highest BCUT2D eigenvalue weighted by Gasteiger charge is 2.17. The Labute approximate surface area is 179 Å². The van der Waals surface area contributed by atoms with Crippen molar-refractivity contribution < 1.29 is 9.21 Å². The Kier molecular flexibility index (Phi) is 5.99. The largest absolute Gasteiger partial charge is 0.469 e. The van der Waals surface area contributed by atoms with E-state index < -0.39 is 0 Å². The van der Waals surface area contributed by atoms with Gasteiger partial charge in [0.25, 0.3) is 0 Å². The Morgan fingerprint density at radius 2 is 1.77 bits per heavy atom. The first-order chi connectivity index (χ1) is 14.7. The summed E-state index contributed by atoms with van der Waals surface area (Å²) >= 11 is 1.37. The van der Waals surface area contributed by atoms with Crippen LogP contribution < -0.4 is 5.32 Å². The quantitative estimate of drug-likeness (QED) is 0.414. The SMILES string of the molecule is CCn1c(SCC(=O)Nc2ccc(-c3ccccc3)cc2)nnc1-c1ccoc1C. The smallest absolute Gasteiger partial charge is 0.234 e. The maximum absolute atomic E-state index is 12.4. The van der Waals surface area contributed by atoms with E-state index in [-0.39, 0.29) is 11.7 Å². The number of nitrogens with one attached hydrogen (secondary N) is 1. The summed E-state index contributed by atoms with van der Waals surface area (Å²) in [5, 5.41) is 12.2. The molecule has 1 amide bonds. The molecule has 30 heavy (non-hydrogen) atoms. The van der Waals surface area contributed by atoms with Crippen LogP contribution in [0.25, 0.3) is 22.5 Å². The second-order valence-electron chi connectivity index (χ2n) is 6.72. The van der Waals surface area contributed by atoms with E-state index in [1.807, 2.05) is 66.9 Å².